The van der Waals surface area contributed by atoms with E-state index in [0.717, 1.165) is 18.8 Å². The molecule has 1 aliphatic rings. The van der Waals surface area contributed by atoms with Gasteiger partial charge in [0.05, 0.1) is 7.11 Å². The first-order valence-electron chi connectivity index (χ1n) is 8.15. The van der Waals surface area contributed by atoms with E-state index < -0.39 is 0 Å². The highest BCUT2D eigenvalue weighted by Crippen LogP contribution is 2.19. The van der Waals surface area contributed by atoms with Gasteiger partial charge in [-0.25, -0.2) is 9.78 Å². The number of hydrogen-bond donors (Lipinski definition) is 3. The normalized spacial score (nSPS) is 16.4. The molecule has 0 bridgehead atoms. The van der Waals surface area contributed by atoms with Gasteiger partial charge in [0, 0.05) is 44.1 Å². The lowest BCUT2D eigenvalue weighted by atomic mass is 10.2. The Morgan fingerprint density at radius 1 is 1.36 bits per heavy atom. The van der Waals surface area contributed by atoms with E-state index in [4.69, 9.17) is 4.74 Å². The van der Waals surface area contributed by atoms with E-state index in [9.17, 15) is 4.79 Å². The van der Waals surface area contributed by atoms with Crippen LogP contribution in [0.5, 0.6) is 5.75 Å². The maximum Gasteiger partial charge on any atom is 0.319 e. The van der Waals surface area contributed by atoms with Gasteiger partial charge in [-0.15, -0.1) is 0 Å². The molecule has 2 amide bonds. The molecular weight excluding hydrogens is 320 g/mol. The summed E-state index contributed by atoms with van der Waals surface area (Å²) in [6, 6.07) is 8.99. The molecule has 1 aromatic carbocycles. The van der Waals surface area contributed by atoms with Crippen LogP contribution in [-0.2, 0) is 0 Å². The molecule has 0 radical (unpaired) electrons. The van der Waals surface area contributed by atoms with Crippen molar-refractivity contribution in [3.8, 4) is 5.75 Å². The molecule has 8 heteroatoms. The van der Waals surface area contributed by atoms with Crippen LogP contribution in [0.1, 0.15) is 6.42 Å². The Kier molecular flexibility index (Phi) is 5.17. The minimum atomic E-state index is -0.223. The summed E-state index contributed by atoms with van der Waals surface area (Å²) in [5.41, 5.74) is 0.696. The van der Waals surface area contributed by atoms with Crippen molar-refractivity contribution < 1.29 is 9.53 Å². The van der Waals surface area contributed by atoms with Gasteiger partial charge in [0.1, 0.15) is 11.6 Å². The predicted molar refractivity (Wildman–Crippen MR) is 97.3 cm³/mol. The average Bonchev–Trinajstić information content (AvgIpc) is 3.10. The number of aromatic nitrogens is 2. The van der Waals surface area contributed by atoms with Gasteiger partial charge in [0.25, 0.3) is 0 Å². The monoisotopic (exact) mass is 342 g/mol. The summed E-state index contributed by atoms with van der Waals surface area (Å²) in [6.45, 7) is 1.55. The number of amides is 2. The molecule has 8 nitrogen and oxygen atoms in total. The first-order valence-corrected chi connectivity index (χ1v) is 8.15. The SMILES string of the molecule is CNc1nccc(N2CC[C@H](NC(=O)Nc3cccc(OC)c3)C2)n1. The van der Waals surface area contributed by atoms with Crippen molar-refractivity contribution >= 4 is 23.5 Å². The average molecular weight is 342 g/mol. The summed E-state index contributed by atoms with van der Waals surface area (Å²) in [7, 11) is 3.38. The molecule has 132 valence electrons. The minimum Gasteiger partial charge on any atom is -0.497 e. The second-order valence-corrected chi connectivity index (χ2v) is 5.75. The lowest BCUT2D eigenvalue weighted by Crippen LogP contribution is -2.39. The van der Waals surface area contributed by atoms with Gasteiger partial charge >= 0.3 is 6.03 Å². The maximum absolute atomic E-state index is 12.2. The Hall–Kier alpha value is -3.03. The topological polar surface area (TPSA) is 91.4 Å². The molecule has 25 heavy (non-hydrogen) atoms. The molecule has 1 atom stereocenters. The third-order valence-electron chi connectivity index (χ3n) is 4.04. The molecule has 2 aromatic rings. The molecule has 3 N–H and O–H groups in total. The number of carbonyl (C=O) groups excluding carboxylic acids is 1. The summed E-state index contributed by atoms with van der Waals surface area (Å²) in [6.07, 6.45) is 2.59. The predicted octanol–water partition coefficient (Wildman–Crippen LogP) is 1.93. The van der Waals surface area contributed by atoms with Crippen LogP contribution in [0, 0.1) is 0 Å². The number of urea groups is 1. The second-order valence-electron chi connectivity index (χ2n) is 5.75. The largest absolute Gasteiger partial charge is 0.497 e. The number of methoxy groups -OCH3 is 1. The van der Waals surface area contributed by atoms with Gasteiger partial charge < -0.3 is 25.6 Å². The zero-order chi connectivity index (χ0) is 17.6. The van der Waals surface area contributed by atoms with Gasteiger partial charge in [-0.3, -0.25) is 0 Å². The molecule has 0 unspecified atom stereocenters. The number of nitrogens with zero attached hydrogens (tertiary/aromatic N) is 3. The van der Waals surface area contributed by atoms with Crippen molar-refractivity contribution in [3.05, 3.63) is 36.5 Å². The van der Waals surface area contributed by atoms with E-state index in [1.165, 1.54) is 0 Å². The number of anilines is 3. The Balaban J connectivity index is 1.54. The number of rotatable bonds is 5. The van der Waals surface area contributed by atoms with Crippen LogP contribution in [-0.4, -0.2) is 49.3 Å². The van der Waals surface area contributed by atoms with Crippen LogP contribution in [0.25, 0.3) is 0 Å². The molecule has 1 aromatic heterocycles. The van der Waals surface area contributed by atoms with Crippen LogP contribution >= 0.6 is 0 Å². The van der Waals surface area contributed by atoms with E-state index in [0.29, 0.717) is 23.9 Å². The Labute approximate surface area is 146 Å². The number of carbonyl (C=O) groups is 1. The standard InChI is InChI=1S/C17H22N6O2/c1-18-16-19-8-6-15(22-16)23-9-7-13(11-23)21-17(24)20-12-4-3-5-14(10-12)25-2/h3-6,8,10,13H,7,9,11H2,1-2H3,(H,18,19,22)(H2,20,21,24)/t13-/m0/s1. The van der Waals surface area contributed by atoms with Crippen molar-refractivity contribution in [1.82, 2.24) is 15.3 Å². The number of hydrogen-bond acceptors (Lipinski definition) is 6. The van der Waals surface area contributed by atoms with E-state index >= 15 is 0 Å². The number of nitrogens with one attached hydrogen (secondary N) is 3. The first kappa shape index (κ1) is 16.8. The molecule has 1 aliphatic heterocycles. The van der Waals surface area contributed by atoms with Crippen LogP contribution in [0.4, 0.5) is 22.2 Å². The molecule has 0 saturated carbocycles. The highest BCUT2D eigenvalue weighted by molar-refractivity contribution is 5.89. The van der Waals surface area contributed by atoms with Gasteiger partial charge in [0.15, 0.2) is 0 Å². The first-order chi connectivity index (χ1) is 12.2. The van der Waals surface area contributed by atoms with Gasteiger partial charge in [-0.05, 0) is 24.6 Å². The van der Waals surface area contributed by atoms with Crippen LogP contribution < -0.4 is 25.6 Å². The third-order valence-corrected chi connectivity index (χ3v) is 4.04. The smallest absolute Gasteiger partial charge is 0.319 e. The van der Waals surface area contributed by atoms with Gasteiger partial charge in [0.2, 0.25) is 5.95 Å². The fraction of sp³-hybridized carbons (Fsp3) is 0.353. The highest BCUT2D eigenvalue weighted by atomic mass is 16.5. The molecule has 2 heterocycles. The second kappa shape index (κ2) is 7.69. The van der Waals surface area contributed by atoms with Crippen molar-refractivity contribution in [2.75, 3.05) is 42.8 Å². The van der Waals surface area contributed by atoms with E-state index in [2.05, 4.69) is 30.8 Å². The maximum atomic E-state index is 12.2. The van der Waals surface area contributed by atoms with Crippen molar-refractivity contribution in [2.45, 2.75) is 12.5 Å². The molecule has 3 rings (SSSR count). The Morgan fingerprint density at radius 2 is 2.24 bits per heavy atom. The Bertz CT molecular complexity index is 739. The molecule has 1 saturated heterocycles. The summed E-state index contributed by atoms with van der Waals surface area (Å²) in [4.78, 5) is 22.9. The number of benzene rings is 1. The molecule has 1 fully saturated rings. The van der Waals surface area contributed by atoms with Gasteiger partial charge in [-0.2, -0.15) is 4.98 Å². The zero-order valence-electron chi connectivity index (χ0n) is 14.3. The summed E-state index contributed by atoms with van der Waals surface area (Å²) in [5, 5.41) is 8.77. The van der Waals surface area contributed by atoms with Crippen LogP contribution in [0.2, 0.25) is 0 Å². The Morgan fingerprint density at radius 3 is 3.04 bits per heavy atom. The van der Waals surface area contributed by atoms with Gasteiger partial charge in [-0.1, -0.05) is 6.07 Å². The molecule has 0 spiro atoms. The van der Waals surface area contributed by atoms with E-state index in [1.54, 1.807) is 26.4 Å². The summed E-state index contributed by atoms with van der Waals surface area (Å²) in [5.74, 6) is 2.15. The summed E-state index contributed by atoms with van der Waals surface area (Å²) >= 11 is 0. The van der Waals surface area contributed by atoms with Crippen LogP contribution in [0.3, 0.4) is 0 Å². The zero-order valence-corrected chi connectivity index (χ0v) is 14.3. The fourth-order valence-corrected chi connectivity index (χ4v) is 2.79. The highest BCUT2D eigenvalue weighted by Gasteiger charge is 2.25. The van der Waals surface area contributed by atoms with Crippen molar-refractivity contribution in [2.24, 2.45) is 0 Å². The summed E-state index contributed by atoms with van der Waals surface area (Å²) < 4.78 is 5.16. The third kappa shape index (κ3) is 4.28. The lowest BCUT2D eigenvalue weighted by Gasteiger charge is -2.18. The lowest BCUT2D eigenvalue weighted by molar-refractivity contribution is 0.249. The molecule has 0 aliphatic carbocycles. The van der Waals surface area contributed by atoms with Crippen molar-refractivity contribution in [1.29, 1.82) is 0 Å². The quantitative estimate of drug-likeness (QED) is 0.769. The van der Waals surface area contributed by atoms with E-state index in [-0.39, 0.29) is 12.1 Å². The van der Waals surface area contributed by atoms with E-state index in [1.807, 2.05) is 24.3 Å². The molecular formula is C17H22N6O2. The number of ether oxygens (including phenoxy) is 1. The van der Waals surface area contributed by atoms with Crippen molar-refractivity contribution in [3.63, 3.8) is 0 Å². The fourth-order valence-electron chi connectivity index (χ4n) is 2.79. The minimum absolute atomic E-state index is 0.0682. The van der Waals surface area contributed by atoms with Crippen LogP contribution in [0.15, 0.2) is 36.5 Å².